The van der Waals surface area contributed by atoms with Crippen LogP contribution >= 0.6 is 0 Å². The lowest BCUT2D eigenvalue weighted by atomic mass is 10.0. The topological polar surface area (TPSA) is 136 Å². The number of aryl methyl sites for hydroxylation is 1. The van der Waals surface area contributed by atoms with Crippen LogP contribution in [-0.4, -0.2) is 40.1 Å². The molecule has 17 heavy (non-hydrogen) atoms. The third-order valence-electron chi connectivity index (χ3n) is 2.35. The van der Waals surface area contributed by atoms with E-state index in [9.17, 15) is 9.59 Å². The summed E-state index contributed by atoms with van der Waals surface area (Å²) in [6.45, 7) is 1.46. The fourth-order valence-electron chi connectivity index (χ4n) is 1.27. The first-order chi connectivity index (χ1) is 7.81. The second-order valence-electron chi connectivity index (χ2n) is 3.45. The molecule has 1 heterocycles. The third-order valence-corrected chi connectivity index (χ3v) is 2.35. The third kappa shape index (κ3) is 2.43. The Morgan fingerprint density at radius 2 is 2.12 bits per heavy atom. The van der Waals surface area contributed by atoms with Crippen molar-refractivity contribution >= 4 is 11.9 Å². The lowest BCUT2D eigenvalue weighted by molar-refractivity contribution is -0.161. The molecule has 8 nitrogen and oxygen atoms in total. The predicted octanol–water partition coefficient (Wildman–Crippen LogP) is -0.390. The zero-order valence-corrected chi connectivity index (χ0v) is 9.26. The minimum atomic E-state index is -2.01. The van der Waals surface area contributed by atoms with Crippen LogP contribution in [0.25, 0.3) is 0 Å². The molecule has 1 aromatic heterocycles. The summed E-state index contributed by atoms with van der Waals surface area (Å²) in [6, 6.07) is 0. The van der Waals surface area contributed by atoms with Gasteiger partial charge in [0.25, 0.3) is 0 Å². The first kappa shape index (κ1) is 13.1. The van der Waals surface area contributed by atoms with E-state index < -0.39 is 17.7 Å². The average Bonchev–Trinajstić information content (AvgIpc) is 2.60. The summed E-state index contributed by atoms with van der Waals surface area (Å²) in [6.07, 6.45) is -0.351. The zero-order valence-electron chi connectivity index (χ0n) is 9.26. The van der Waals surface area contributed by atoms with Crippen molar-refractivity contribution in [2.24, 2.45) is 5.73 Å². The summed E-state index contributed by atoms with van der Waals surface area (Å²) in [7, 11) is 1.12. The van der Waals surface area contributed by atoms with Crippen molar-refractivity contribution in [3.63, 3.8) is 0 Å². The molecule has 0 aliphatic heterocycles. The van der Waals surface area contributed by atoms with Gasteiger partial charge in [0.05, 0.1) is 0 Å². The molecular formula is C9H12N2O6. The lowest BCUT2D eigenvalue weighted by Gasteiger charge is -2.22. The molecule has 0 saturated carbocycles. The number of carboxylic acids is 2. The fourth-order valence-corrected chi connectivity index (χ4v) is 1.27. The Bertz CT molecular complexity index is 454. The van der Waals surface area contributed by atoms with Crippen molar-refractivity contribution in [2.45, 2.75) is 19.1 Å². The normalized spacial score (nSPS) is 14.3. The first-order valence-corrected chi connectivity index (χ1v) is 4.57. The summed E-state index contributed by atoms with van der Waals surface area (Å²) in [4.78, 5) is 21.8. The highest BCUT2D eigenvalue weighted by molar-refractivity contribution is 5.87. The maximum Gasteiger partial charge on any atom is 0.358 e. The van der Waals surface area contributed by atoms with Gasteiger partial charge in [-0.05, 0) is 6.92 Å². The van der Waals surface area contributed by atoms with E-state index in [1.807, 2.05) is 0 Å². The summed E-state index contributed by atoms with van der Waals surface area (Å²) >= 11 is 0. The van der Waals surface area contributed by atoms with Gasteiger partial charge in [-0.15, -0.1) is 0 Å². The molecule has 0 radical (unpaired) electrons. The van der Waals surface area contributed by atoms with Crippen LogP contribution in [0.15, 0.2) is 4.52 Å². The number of nitrogens with zero attached hydrogens (tertiary/aromatic N) is 1. The lowest BCUT2D eigenvalue weighted by Crippen LogP contribution is -2.51. The van der Waals surface area contributed by atoms with E-state index in [-0.39, 0.29) is 23.4 Å². The second kappa shape index (κ2) is 4.52. The molecule has 4 N–H and O–H groups in total. The number of carboxylic acid groups (broad SMARTS) is 2. The largest absolute Gasteiger partial charge is 0.478 e. The Balaban J connectivity index is 3.14. The number of carbonyl (C=O) groups is 2. The van der Waals surface area contributed by atoms with E-state index in [2.05, 4.69) is 9.89 Å². The number of hydrogen-bond donors (Lipinski definition) is 3. The van der Waals surface area contributed by atoms with Crippen LogP contribution in [0.2, 0.25) is 0 Å². The number of methoxy groups -OCH3 is 1. The molecule has 94 valence electrons. The van der Waals surface area contributed by atoms with Gasteiger partial charge < -0.3 is 19.5 Å². The molecule has 1 aromatic rings. The van der Waals surface area contributed by atoms with Crippen LogP contribution in [0, 0.1) is 6.92 Å². The quantitative estimate of drug-likeness (QED) is 0.595. The van der Waals surface area contributed by atoms with Gasteiger partial charge in [0.2, 0.25) is 5.72 Å². The Morgan fingerprint density at radius 1 is 1.53 bits per heavy atom. The van der Waals surface area contributed by atoms with Crippen LogP contribution in [0.3, 0.4) is 0 Å². The van der Waals surface area contributed by atoms with Crippen molar-refractivity contribution in [2.75, 3.05) is 7.11 Å². The van der Waals surface area contributed by atoms with Crippen LogP contribution in [0.1, 0.15) is 21.8 Å². The van der Waals surface area contributed by atoms with Crippen molar-refractivity contribution in [1.29, 1.82) is 0 Å². The first-order valence-electron chi connectivity index (χ1n) is 4.57. The SMILES string of the molecule is COC(N)(Cc1c(C(=O)O)noc1C)C(=O)O. The van der Waals surface area contributed by atoms with E-state index in [4.69, 9.17) is 20.5 Å². The van der Waals surface area contributed by atoms with Crippen LogP contribution < -0.4 is 5.73 Å². The van der Waals surface area contributed by atoms with Crippen molar-refractivity contribution in [3.8, 4) is 0 Å². The molecule has 8 heteroatoms. The standard InChI is InChI=1S/C9H12N2O6/c1-4-5(6(7(12)13)11-17-4)3-9(10,16-2)8(14)15/h3,10H2,1-2H3,(H,12,13)(H,14,15). The molecule has 1 atom stereocenters. The van der Waals surface area contributed by atoms with Crippen molar-refractivity contribution in [3.05, 3.63) is 17.0 Å². The smallest absolute Gasteiger partial charge is 0.358 e. The fraction of sp³-hybridized carbons (Fsp3) is 0.444. The molecule has 0 saturated heterocycles. The summed E-state index contributed by atoms with van der Waals surface area (Å²) < 4.78 is 9.37. The number of aromatic nitrogens is 1. The van der Waals surface area contributed by atoms with Gasteiger partial charge >= 0.3 is 11.9 Å². The molecule has 1 unspecified atom stereocenters. The van der Waals surface area contributed by atoms with E-state index in [0.29, 0.717) is 0 Å². The Kier molecular flexibility index (Phi) is 3.49. The minimum absolute atomic E-state index is 0.101. The van der Waals surface area contributed by atoms with Crippen molar-refractivity contribution < 1.29 is 29.1 Å². The summed E-state index contributed by atoms with van der Waals surface area (Å²) in [5.41, 5.74) is 3.21. The van der Waals surface area contributed by atoms with Crippen LogP contribution in [-0.2, 0) is 16.0 Å². The zero-order chi connectivity index (χ0) is 13.2. The number of hydrogen-bond acceptors (Lipinski definition) is 6. The summed E-state index contributed by atoms with van der Waals surface area (Å²) in [5.74, 6) is -2.53. The Hall–Kier alpha value is -1.93. The molecule has 0 aliphatic rings. The molecule has 0 amide bonds. The van der Waals surface area contributed by atoms with Gasteiger partial charge in [-0.3, -0.25) is 5.73 Å². The Morgan fingerprint density at radius 3 is 2.53 bits per heavy atom. The van der Waals surface area contributed by atoms with Gasteiger partial charge in [-0.2, -0.15) is 0 Å². The van der Waals surface area contributed by atoms with E-state index >= 15 is 0 Å². The molecule has 0 aromatic carbocycles. The van der Waals surface area contributed by atoms with Gasteiger partial charge in [0, 0.05) is 19.1 Å². The maximum absolute atomic E-state index is 10.9. The number of rotatable bonds is 5. The number of nitrogens with two attached hydrogens (primary N) is 1. The highest BCUT2D eigenvalue weighted by Crippen LogP contribution is 2.20. The van der Waals surface area contributed by atoms with Gasteiger partial charge in [-0.25, -0.2) is 9.59 Å². The maximum atomic E-state index is 10.9. The Labute approximate surface area is 96.0 Å². The molecule has 0 bridgehead atoms. The number of aromatic carboxylic acids is 1. The van der Waals surface area contributed by atoms with E-state index in [0.717, 1.165) is 7.11 Å². The molecule has 0 aliphatic carbocycles. The van der Waals surface area contributed by atoms with Crippen LogP contribution in [0.5, 0.6) is 0 Å². The predicted molar refractivity (Wildman–Crippen MR) is 53.5 cm³/mol. The minimum Gasteiger partial charge on any atom is -0.478 e. The highest BCUT2D eigenvalue weighted by Gasteiger charge is 2.37. The van der Waals surface area contributed by atoms with Gasteiger partial charge in [-0.1, -0.05) is 5.16 Å². The summed E-state index contributed by atoms with van der Waals surface area (Å²) in [5, 5.41) is 21.1. The second-order valence-corrected chi connectivity index (χ2v) is 3.45. The molecule has 0 spiro atoms. The number of aliphatic carboxylic acids is 1. The monoisotopic (exact) mass is 244 g/mol. The molecule has 0 fully saturated rings. The van der Waals surface area contributed by atoms with Crippen LogP contribution in [0.4, 0.5) is 0 Å². The van der Waals surface area contributed by atoms with E-state index in [1.54, 1.807) is 0 Å². The molecular weight excluding hydrogens is 232 g/mol. The highest BCUT2D eigenvalue weighted by atomic mass is 16.5. The van der Waals surface area contributed by atoms with Gasteiger partial charge in [0.1, 0.15) is 5.76 Å². The van der Waals surface area contributed by atoms with E-state index in [1.165, 1.54) is 6.92 Å². The average molecular weight is 244 g/mol. The molecule has 1 rings (SSSR count). The number of ether oxygens (including phenoxy) is 1. The van der Waals surface area contributed by atoms with Gasteiger partial charge in [0.15, 0.2) is 5.69 Å². The van der Waals surface area contributed by atoms with Crippen molar-refractivity contribution in [1.82, 2.24) is 5.16 Å².